The van der Waals surface area contributed by atoms with Gasteiger partial charge >= 0.3 is 0 Å². The number of ether oxygens (including phenoxy) is 1. The van der Waals surface area contributed by atoms with Crippen molar-refractivity contribution in [2.75, 3.05) is 7.11 Å². The molecule has 0 heterocycles. The van der Waals surface area contributed by atoms with Crippen LogP contribution in [0.25, 0.3) is 5.57 Å². The number of aryl methyl sites for hydroxylation is 1. The monoisotopic (exact) mass is 300 g/mol. The van der Waals surface area contributed by atoms with Crippen LogP contribution in [0, 0.1) is 17.3 Å². The summed E-state index contributed by atoms with van der Waals surface area (Å²) in [6.45, 7) is 2.26. The van der Waals surface area contributed by atoms with Gasteiger partial charge in [0.2, 0.25) is 0 Å². The van der Waals surface area contributed by atoms with Gasteiger partial charge in [-0.15, -0.1) is 0 Å². The van der Waals surface area contributed by atoms with Crippen molar-refractivity contribution < 1.29 is 14.9 Å². The van der Waals surface area contributed by atoms with Crippen molar-refractivity contribution in [3.63, 3.8) is 0 Å². The number of aliphatic hydroxyl groups is 1. The molecular formula is C19H24O3. The van der Waals surface area contributed by atoms with E-state index in [9.17, 15) is 10.2 Å². The molecule has 0 saturated heterocycles. The Hall–Kier alpha value is -1.48. The number of hydrogen-bond donors (Lipinski definition) is 2. The molecule has 0 unspecified atom stereocenters. The van der Waals surface area contributed by atoms with Crippen molar-refractivity contribution >= 4 is 5.57 Å². The molecule has 118 valence electrons. The van der Waals surface area contributed by atoms with Gasteiger partial charge in [-0.3, -0.25) is 0 Å². The first-order valence-corrected chi connectivity index (χ1v) is 8.33. The minimum Gasteiger partial charge on any atom is -0.504 e. The third kappa shape index (κ3) is 1.78. The summed E-state index contributed by atoms with van der Waals surface area (Å²) in [5.41, 5.74) is 3.93. The van der Waals surface area contributed by atoms with E-state index in [-0.39, 0.29) is 17.3 Å². The fraction of sp³-hybridized carbons (Fsp3) is 0.579. The van der Waals surface area contributed by atoms with Gasteiger partial charge in [-0.05, 0) is 72.8 Å². The number of fused-ring (bicyclic) bond motifs is 5. The molecule has 0 amide bonds. The van der Waals surface area contributed by atoms with Gasteiger partial charge in [0, 0.05) is 5.41 Å². The normalized spacial score (nSPS) is 36.1. The van der Waals surface area contributed by atoms with Crippen molar-refractivity contribution in [3.8, 4) is 11.5 Å². The van der Waals surface area contributed by atoms with E-state index in [1.165, 1.54) is 16.7 Å². The van der Waals surface area contributed by atoms with Crippen molar-refractivity contribution in [2.45, 2.75) is 45.1 Å². The molecule has 3 heteroatoms. The van der Waals surface area contributed by atoms with Gasteiger partial charge in [0.15, 0.2) is 11.5 Å². The predicted molar refractivity (Wildman–Crippen MR) is 85.9 cm³/mol. The van der Waals surface area contributed by atoms with Gasteiger partial charge in [0.05, 0.1) is 13.2 Å². The highest BCUT2D eigenvalue weighted by Gasteiger charge is 2.51. The number of aromatic hydroxyl groups is 1. The Morgan fingerprint density at radius 1 is 1.23 bits per heavy atom. The Morgan fingerprint density at radius 2 is 2.05 bits per heavy atom. The number of hydrogen-bond acceptors (Lipinski definition) is 3. The highest BCUT2D eigenvalue weighted by Crippen LogP contribution is 2.58. The Morgan fingerprint density at radius 3 is 2.82 bits per heavy atom. The van der Waals surface area contributed by atoms with E-state index in [0.29, 0.717) is 17.6 Å². The molecule has 0 radical (unpaired) electrons. The van der Waals surface area contributed by atoms with Crippen LogP contribution in [0.4, 0.5) is 0 Å². The molecule has 1 saturated carbocycles. The van der Waals surface area contributed by atoms with Gasteiger partial charge in [-0.25, -0.2) is 0 Å². The number of methoxy groups -OCH3 is 1. The lowest BCUT2D eigenvalue weighted by atomic mass is 9.60. The van der Waals surface area contributed by atoms with E-state index < -0.39 is 0 Å². The molecule has 3 aliphatic rings. The zero-order chi connectivity index (χ0) is 15.5. The van der Waals surface area contributed by atoms with E-state index in [1.54, 1.807) is 7.11 Å². The molecule has 0 spiro atoms. The van der Waals surface area contributed by atoms with Crippen LogP contribution in [0.3, 0.4) is 0 Å². The van der Waals surface area contributed by atoms with E-state index in [1.807, 2.05) is 12.1 Å². The standard InChI is InChI=1S/C19H24O3/c1-19-8-7-12-13(15(19)5-6-18(19)21)4-3-11-9-16(20)17(22-2)10-14(11)12/h7,9-10,13,15,18,20-21H,3-6,8H2,1-2H3/t13-,15+,18+,19+/m1/s1. The topological polar surface area (TPSA) is 49.7 Å². The largest absolute Gasteiger partial charge is 0.504 e. The molecule has 1 fully saturated rings. The zero-order valence-corrected chi connectivity index (χ0v) is 13.3. The minimum atomic E-state index is -0.161. The van der Waals surface area contributed by atoms with Crippen LogP contribution in [0.1, 0.15) is 43.7 Å². The number of benzene rings is 1. The zero-order valence-electron chi connectivity index (χ0n) is 13.3. The van der Waals surface area contributed by atoms with E-state index in [0.717, 1.165) is 32.1 Å². The molecule has 4 rings (SSSR count). The molecule has 22 heavy (non-hydrogen) atoms. The maximum absolute atomic E-state index is 10.4. The molecule has 3 aliphatic carbocycles. The lowest BCUT2D eigenvalue weighted by molar-refractivity contribution is 0.0251. The predicted octanol–water partition coefficient (Wildman–Crippen LogP) is 3.53. The smallest absolute Gasteiger partial charge is 0.161 e. The summed E-state index contributed by atoms with van der Waals surface area (Å²) < 4.78 is 5.30. The summed E-state index contributed by atoms with van der Waals surface area (Å²) in [5, 5.41) is 20.4. The van der Waals surface area contributed by atoms with Crippen molar-refractivity contribution in [1.29, 1.82) is 0 Å². The van der Waals surface area contributed by atoms with E-state index in [4.69, 9.17) is 4.74 Å². The Bertz CT molecular complexity index is 648. The first-order chi connectivity index (χ1) is 10.5. The van der Waals surface area contributed by atoms with Crippen molar-refractivity contribution in [3.05, 3.63) is 29.3 Å². The molecular weight excluding hydrogens is 276 g/mol. The quantitative estimate of drug-likeness (QED) is 0.834. The first-order valence-electron chi connectivity index (χ1n) is 8.33. The second kappa shape index (κ2) is 4.76. The molecule has 0 aromatic heterocycles. The average Bonchev–Trinajstić information content (AvgIpc) is 2.82. The van der Waals surface area contributed by atoms with Crippen LogP contribution in [-0.4, -0.2) is 23.4 Å². The summed E-state index contributed by atoms with van der Waals surface area (Å²) in [4.78, 5) is 0. The van der Waals surface area contributed by atoms with Crippen LogP contribution in [-0.2, 0) is 6.42 Å². The van der Waals surface area contributed by atoms with Crippen LogP contribution < -0.4 is 4.74 Å². The van der Waals surface area contributed by atoms with Crippen molar-refractivity contribution in [2.24, 2.45) is 17.3 Å². The Kier molecular flexibility index (Phi) is 3.06. The Balaban J connectivity index is 1.80. The maximum Gasteiger partial charge on any atom is 0.161 e. The Labute approximate surface area is 131 Å². The van der Waals surface area contributed by atoms with Gasteiger partial charge < -0.3 is 14.9 Å². The minimum absolute atomic E-state index is 0.0483. The first kappa shape index (κ1) is 14.1. The second-order valence-electron chi connectivity index (χ2n) is 7.40. The number of phenols is 1. The van der Waals surface area contributed by atoms with Gasteiger partial charge in [0.1, 0.15) is 0 Å². The molecule has 1 aromatic rings. The number of aliphatic hydroxyl groups excluding tert-OH is 1. The molecule has 4 atom stereocenters. The average molecular weight is 300 g/mol. The molecule has 0 bridgehead atoms. The summed E-state index contributed by atoms with van der Waals surface area (Å²) in [6, 6.07) is 3.86. The highest BCUT2D eigenvalue weighted by atomic mass is 16.5. The highest BCUT2D eigenvalue weighted by molar-refractivity contribution is 5.75. The summed E-state index contributed by atoms with van der Waals surface area (Å²) in [5.74, 6) is 1.91. The number of rotatable bonds is 1. The third-order valence-corrected chi connectivity index (χ3v) is 6.45. The molecule has 3 nitrogen and oxygen atoms in total. The third-order valence-electron chi connectivity index (χ3n) is 6.45. The molecule has 1 aromatic carbocycles. The van der Waals surface area contributed by atoms with E-state index in [2.05, 4.69) is 13.0 Å². The van der Waals surface area contributed by atoms with Crippen LogP contribution in [0.5, 0.6) is 11.5 Å². The summed E-state index contributed by atoms with van der Waals surface area (Å²) in [6.07, 6.45) is 7.31. The van der Waals surface area contributed by atoms with E-state index >= 15 is 0 Å². The number of phenolic OH excluding ortho intramolecular Hbond substituents is 1. The summed E-state index contributed by atoms with van der Waals surface area (Å²) >= 11 is 0. The van der Waals surface area contributed by atoms with Gasteiger partial charge in [-0.2, -0.15) is 0 Å². The van der Waals surface area contributed by atoms with Gasteiger partial charge in [0.25, 0.3) is 0 Å². The van der Waals surface area contributed by atoms with Crippen molar-refractivity contribution in [1.82, 2.24) is 0 Å². The summed E-state index contributed by atoms with van der Waals surface area (Å²) in [7, 11) is 1.60. The fourth-order valence-electron chi connectivity index (χ4n) is 5.12. The van der Waals surface area contributed by atoms with Crippen LogP contribution in [0.15, 0.2) is 18.2 Å². The maximum atomic E-state index is 10.4. The fourth-order valence-corrected chi connectivity index (χ4v) is 5.12. The lowest BCUT2D eigenvalue weighted by Crippen LogP contribution is -2.40. The second-order valence-corrected chi connectivity index (χ2v) is 7.40. The van der Waals surface area contributed by atoms with Gasteiger partial charge in [-0.1, -0.05) is 13.0 Å². The van der Waals surface area contributed by atoms with Crippen LogP contribution in [0.2, 0.25) is 0 Å². The van der Waals surface area contributed by atoms with Crippen LogP contribution >= 0.6 is 0 Å². The molecule has 2 N–H and O–H groups in total. The number of allylic oxidation sites excluding steroid dienone is 2. The SMILES string of the molecule is COc1cc2c(cc1O)CC[C@@H]1C2=CC[C@]2(C)[C@@H](O)CC[C@@H]12. The molecule has 0 aliphatic heterocycles. The lowest BCUT2D eigenvalue weighted by Gasteiger charge is -2.45.